The summed E-state index contributed by atoms with van der Waals surface area (Å²) < 4.78 is 11.9. The van der Waals surface area contributed by atoms with Crippen molar-refractivity contribution in [1.82, 2.24) is 0 Å². The zero-order chi connectivity index (χ0) is 10.3. The second kappa shape index (κ2) is 3.35. The van der Waals surface area contributed by atoms with Crippen molar-refractivity contribution >= 4 is 0 Å². The van der Waals surface area contributed by atoms with Gasteiger partial charge in [0, 0.05) is 12.3 Å². The maximum absolute atomic E-state index is 6.00. The predicted octanol–water partition coefficient (Wildman–Crippen LogP) is 2.74. The van der Waals surface area contributed by atoms with Gasteiger partial charge >= 0.3 is 0 Å². The first-order chi connectivity index (χ1) is 6.55. The summed E-state index contributed by atoms with van der Waals surface area (Å²) in [6.45, 7) is 11.2. The van der Waals surface area contributed by atoms with Crippen molar-refractivity contribution in [2.45, 2.75) is 45.5 Å². The Morgan fingerprint density at radius 2 is 2.07 bits per heavy atom. The fraction of sp³-hybridized carbons (Fsp3) is 0.833. The van der Waals surface area contributed by atoms with Crippen LogP contribution in [0.5, 0.6) is 0 Å². The van der Waals surface area contributed by atoms with E-state index in [0.717, 1.165) is 12.8 Å². The van der Waals surface area contributed by atoms with Gasteiger partial charge in [-0.25, -0.2) is 0 Å². The highest BCUT2D eigenvalue weighted by Crippen LogP contribution is 2.46. The molecule has 0 bridgehead atoms. The second-order valence-corrected chi connectivity index (χ2v) is 4.82. The highest BCUT2D eigenvalue weighted by atomic mass is 16.7. The normalized spacial score (nSPS) is 48.8. The van der Waals surface area contributed by atoms with Gasteiger partial charge in [0.25, 0.3) is 0 Å². The van der Waals surface area contributed by atoms with Crippen LogP contribution in [0.15, 0.2) is 12.2 Å². The number of rotatable bonds is 0. The Hall–Kier alpha value is -0.340. The maximum Gasteiger partial charge on any atom is 0.172 e. The van der Waals surface area contributed by atoms with E-state index in [1.807, 2.05) is 0 Å². The molecule has 0 saturated carbocycles. The summed E-state index contributed by atoms with van der Waals surface area (Å²) in [5, 5.41) is 0. The van der Waals surface area contributed by atoms with E-state index in [0.29, 0.717) is 24.5 Å². The highest BCUT2D eigenvalue weighted by Gasteiger charge is 2.51. The van der Waals surface area contributed by atoms with Crippen molar-refractivity contribution in [1.29, 1.82) is 0 Å². The summed E-state index contributed by atoms with van der Waals surface area (Å²) in [7, 11) is 0. The summed E-state index contributed by atoms with van der Waals surface area (Å²) in [6, 6.07) is 0. The lowest BCUT2D eigenvalue weighted by molar-refractivity contribution is -0.249. The van der Waals surface area contributed by atoms with Crippen LogP contribution in [0.2, 0.25) is 0 Å². The first-order valence-corrected chi connectivity index (χ1v) is 5.53. The van der Waals surface area contributed by atoms with E-state index in [1.165, 1.54) is 5.57 Å². The van der Waals surface area contributed by atoms with Gasteiger partial charge in [0.2, 0.25) is 0 Å². The molecule has 4 unspecified atom stereocenters. The Labute approximate surface area is 86.3 Å². The van der Waals surface area contributed by atoms with Crippen LogP contribution >= 0.6 is 0 Å². The van der Waals surface area contributed by atoms with Crippen LogP contribution in [0.25, 0.3) is 0 Å². The van der Waals surface area contributed by atoms with Crippen LogP contribution in [0.3, 0.4) is 0 Å². The molecule has 2 saturated heterocycles. The van der Waals surface area contributed by atoms with Crippen LogP contribution in [-0.2, 0) is 9.47 Å². The first kappa shape index (κ1) is 10.2. The van der Waals surface area contributed by atoms with Gasteiger partial charge in [0.05, 0.1) is 12.7 Å². The Morgan fingerprint density at radius 1 is 1.36 bits per heavy atom. The third-order valence-corrected chi connectivity index (χ3v) is 3.96. The van der Waals surface area contributed by atoms with Crippen LogP contribution in [0, 0.1) is 11.8 Å². The molecule has 2 aliphatic heterocycles. The molecule has 2 nitrogen and oxygen atoms in total. The summed E-state index contributed by atoms with van der Waals surface area (Å²) in [5.74, 6) is 0.770. The third kappa shape index (κ3) is 1.41. The van der Waals surface area contributed by atoms with Crippen molar-refractivity contribution < 1.29 is 9.47 Å². The molecular weight excluding hydrogens is 176 g/mol. The lowest BCUT2D eigenvalue weighted by Gasteiger charge is -2.37. The van der Waals surface area contributed by atoms with Gasteiger partial charge in [-0.2, -0.15) is 0 Å². The molecule has 0 aromatic heterocycles. The fourth-order valence-corrected chi connectivity index (χ4v) is 2.51. The molecule has 0 radical (unpaired) electrons. The lowest BCUT2D eigenvalue weighted by Crippen LogP contribution is -2.41. The molecule has 0 aromatic rings. The van der Waals surface area contributed by atoms with Crippen LogP contribution < -0.4 is 0 Å². The minimum absolute atomic E-state index is 0.306. The molecule has 4 atom stereocenters. The Morgan fingerprint density at radius 3 is 2.50 bits per heavy atom. The van der Waals surface area contributed by atoms with Gasteiger partial charge in [-0.05, 0) is 19.3 Å². The molecule has 2 aliphatic rings. The van der Waals surface area contributed by atoms with Gasteiger partial charge in [-0.1, -0.05) is 26.0 Å². The minimum Gasteiger partial charge on any atom is -0.346 e. The zero-order valence-electron chi connectivity index (χ0n) is 9.38. The monoisotopic (exact) mass is 196 g/mol. The van der Waals surface area contributed by atoms with E-state index < -0.39 is 0 Å². The van der Waals surface area contributed by atoms with E-state index in [9.17, 15) is 0 Å². The van der Waals surface area contributed by atoms with E-state index >= 15 is 0 Å². The quantitative estimate of drug-likeness (QED) is 0.555. The molecule has 2 rings (SSSR count). The number of hydrogen-bond acceptors (Lipinski definition) is 2. The maximum atomic E-state index is 6.00. The summed E-state index contributed by atoms with van der Waals surface area (Å²) in [6.07, 6.45) is 2.34. The van der Waals surface area contributed by atoms with Gasteiger partial charge < -0.3 is 9.47 Å². The molecular formula is C12H20O2. The average molecular weight is 196 g/mol. The van der Waals surface area contributed by atoms with E-state index in [4.69, 9.17) is 9.47 Å². The third-order valence-electron chi connectivity index (χ3n) is 3.96. The number of hydrogen-bond donors (Lipinski definition) is 0. The predicted molar refractivity (Wildman–Crippen MR) is 55.9 cm³/mol. The highest BCUT2D eigenvalue weighted by molar-refractivity contribution is 5.03. The summed E-state index contributed by atoms with van der Waals surface area (Å²) in [5.41, 5.74) is 1.19. The number of ether oxygens (including phenoxy) is 2. The summed E-state index contributed by atoms with van der Waals surface area (Å²) in [4.78, 5) is 0. The summed E-state index contributed by atoms with van der Waals surface area (Å²) >= 11 is 0. The SMILES string of the molecule is C=C1CCC2(OC1)OC(C)C(C)C2C. The molecule has 2 fully saturated rings. The molecule has 2 heteroatoms. The van der Waals surface area contributed by atoms with Crippen molar-refractivity contribution in [2.24, 2.45) is 11.8 Å². The Kier molecular flexibility index (Phi) is 2.44. The molecule has 14 heavy (non-hydrogen) atoms. The van der Waals surface area contributed by atoms with Crippen molar-refractivity contribution in [3.8, 4) is 0 Å². The standard InChI is InChI=1S/C12H20O2/c1-8-5-6-12(13-7-8)10(3)9(2)11(4)14-12/h9-11H,1,5-7H2,2-4H3. The Bertz CT molecular complexity index is 237. The smallest absolute Gasteiger partial charge is 0.172 e. The van der Waals surface area contributed by atoms with Gasteiger partial charge in [-0.3, -0.25) is 0 Å². The van der Waals surface area contributed by atoms with E-state index in [2.05, 4.69) is 27.4 Å². The van der Waals surface area contributed by atoms with Crippen LogP contribution in [0.4, 0.5) is 0 Å². The van der Waals surface area contributed by atoms with Gasteiger partial charge in [-0.15, -0.1) is 0 Å². The van der Waals surface area contributed by atoms with Crippen molar-refractivity contribution in [3.63, 3.8) is 0 Å². The molecule has 1 spiro atoms. The van der Waals surface area contributed by atoms with Crippen LogP contribution in [-0.4, -0.2) is 18.5 Å². The fourth-order valence-electron chi connectivity index (χ4n) is 2.51. The Balaban J connectivity index is 2.13. The molecule has 2 heterocycles. The van der Waals surface area contributed by atoms with E-state index in [-0.39, 0.29) is 5.79 Å². The van der Waals surface area contributed by atoms with Crippen molar-refractivity contribution in [2.75, 3.05) is 6.61 Å². The first-order valence-electron chi connectivity index (χ1n) is 5.53. The minimum atomic E-state index is -0.306. The molecule has 0 aliphatic carbocycles. The molecule has 80 valence electrons. The largest absolute Gasteiger partial charge is 0.346 e. The second-order valence-electron chi connectivity index (χ2n) is 4.82. The topological polar surface area (TPSA) is 18.5 Å². The molecule has 0 aromatic carbocycles. The molecule has 0 amide bonds. The molecule has 0 N–H and O–H groups in total. The average Bonchev–Trinajstić information content (AvgIpc) is 2.37. The van der Waals surface area contributed by atoms with Crippen molar-refractivity contribution in [3.05, 3.63) is 12.2 Å². The van der Waals surface area contributed by atoms with Gasteiger partial charge in [0.15, 0.2) is 5.79 Å². The van der Waals surface area contributed by atoms with Crippen LogP contribution in [0.1, 0.15) is 33.6 Å². The zero-order valence-corrected chi connectivity index (χ0v) is 9.38. The lowest BCUT2D eigenvalue weighted by atomic mass is 9.85. The van der Waals surface area contributed by atoms with E-state index in [1.54, 1.807) is 0 Å². The van der Waals surface area contributed by atoms with Gasteiger partial charge in [0.1, 0.15) is 0 Å².